The van der Waals surface area contributed by atoms with Gasteiger partial charge in [-0.1, -0.05) is 12.1 Å². The zero-order chi connectivity index (χ0) is 18.8. The van der Waals surface area contributed by atoms with Gasteiger partial charge in [0.05, 0.1) is 12.0 Å². The van der Waals surface area contributed by atoms with E-state index in [1.807, 2.05) is 31.2 Å². The van der Waals surface area contributed by atoms with Gasteiger partial charge in [0, 0.05) is 29.8 Å². The van der Waals surface area contributed by atoms with Gasteiger partial charge >= 0.3 is 0 Å². The number of fused-ring (bicyclic) bond motifs is 2. The Morgan fingerprint density at radius 2 is 1.96 bits per heavy atom. The lowest BCUT2D eigenvalue weighted by Gasteiger charge is -2.05. The zero-order valence-corrected chi connectivity index (χ0v) is 15.4. The average molecular weight is 357 g/mol. The van der Waals surface area contributed by atoms with Crippen LogP contribution in [-0.4, -0.2) is 16.7 Å². The number of aromatic nitrogens is 2. The number of pyridine rings is 2. The minimum Gasteiger partial charge on any atom is -0.506 e. The third-order valence-corrected chi connectivity index (χ3v) is 4.71. The van der Waals surface area contributed by atoms with Crippen molar-refractivity contribution in [3.8, 4) is 11.5 Å². The second kappa shape index (κ2) is 7.08. The molecule has 1 N–H and O–H groups in total. The summed E-state index contributed by atoms with van der Waals surface area (Å²) < 4.78 is 7.75. The summed E-state index contributed by atoms with van der Waals surface area (Å²) in [4.78, 5) is 4.28. The lowest BCUT2D eigenvalue weighted by molar-refractivity contribution is -0.646. The normalized spacial score (nSPS) is 11.5. The number of benzene rings is 2. The minimum absolute atomic E-state index is 0.198. The lowest BCUT2D eigenvalue weighted by Crippen LogP contribution is -2.32. The summed E-state index contributed by atoms with van der Waals surface area (Å²) in [5.74, 6) is 1.08. The number of ether oxygens (including phenoxy) is 1. The van der Waals surface area contributed by atoms with Gasteiger partial charge in [0.2, 0.25) is 11.2 Å². The number of nitrogens with zero attached hydrogens (tertiary/aromatic N) is 2. The van der Waals surface area contributed by atoms with Crippen molar-refractivity contribution in [1.82, 2.24) is 4.98 Å². The second-order valence-electron chi connectivity index (χ2n) is 6.38. The number of hydrogen-bond donors (Lipinski definition) is 1. The highest BCUT2D eigenvalue weighted by Crippen LogP contribution is 2.26. The van der Waals surface area contributed by atoms with Crippen molar-refractivity contribution in [2.75, 3.05) is 6.61 Å². The zero-order valence-electron chi connectivity index (χ0n) is 15.4. The summed E-state index contributed by atoms with van der Waals surface area (Å²) in [6, 6.07) is 17.8. The molecule has 2 heterocycles. The first kappa shape index (κ1) is 17.0. The number of phenolic OH excluding ortho intramolecular Hbond substituents is 1. The fraction of sp³-hybridized carbons (Fsp3) is 0.130. The Kier molecular flexibility index (Phi) is 4.47. The van der Waals surface area contributed by atoms with Crippen LogP contribution in [0.3, 0.4) is 0 Å². The summed E-state index contributed by atoms with van der Waals surface area (Å²) in [7, 11) is 2.05. The van der Waals surface area contributed by atoms with Crippen LogP contribution in [0.4, 0.5) is 0 Å². The van der Waals surface area contributed by atoms with Gasteiger partial charge < -0.3 is 9.84 Å². The first-order chi connectivity index (χ1) is 13.2. The molecule has 0 saturated heterocycles. The van der Waals surface area contributed by atoms with E-state index in [0.29, 0.717) is 12.1 Å². The van der Waals surface area contributed by atoms with Crippen molar-refractivity contribution in [3.63, 3.8) is 0 Å². The van der Waals surface area contributed by atoms with Crippen molar-refractivity contribution >= 4 is 34.0 Å². The second-order valence-corrected chi connectivity index (χ2v) is 6.38. The van der Waals surface area contributed by atoms with Crippen LogP contribution in [0.1, 0.15) is 18.2 Å². The van der Waals surface area contributed by atoms with E-state index in [4.69, 9.17) is 4.74 Å². The molecule has 0 atom stereocenters. The topological polar surface area (TPSA) is 46.2 Å². The Morgan fingerprint density at radius 1 is 1.07 bits per heavy atom. The Bertz CT molecular complexity index is 1170. The van der Waals surface area contributed by atoms with E-state index in [2.05, 4.69) is 53.0 Å². The maximum Gasteiger partial charge on any atom is 0.212 e. The maximum absolute atomic E-state index is 10.0. The molecule has 0 amide bonds. The van der Waals surface area contributed by atoms with Crippen LogP contribution in [0.2, 0.25) is 0 Å². The number of aromatic hydroxyl groups is 1. The summed E-state index contributed by atoms with van der Waals surface area (Å²) >= 11 is 0. The van der Waals surface area contributed by atoms with Crippen LogP contribution < -0.4 is 9.30 Å². The van der Waals surface area contributed by atoms with Gasteiger partial charge in [-0.05, 0) is 48.9 Å². The molecule has 27 heavy (non-hydrogen) atoms. The molecule has 0 aliphatic heterocycles. The lowest BCUT2D eigenvalue weighted by atomic mass is 10.1. The molecule has 0 aliphatic rings. The smallest absolute Gasteiger partial charge is 0.212 e. The number of phenols is 1. The van der Waals surface area contributed by atoms with Gasteiger partial charge in [-0.2, -0.15) is 4.57 Å². The molecule has 4 rings (SSSR count). The molecule has 2 aromatic heterocycles. The Hall–Kier alpha value is -3.40. The van der Waals surface area contributed by atoms with Gasteiger partial charge in [-0.15, -0.1) is 0 Å². The molecule has 0 saturated carbocycles. The molecule has 134 valence electrons. The fourth-order valence-corrected chi connectivity index (χ4v) is 3.32. The summed E-state index contributed by atoms with van der Waals surface area (Å²) in [5, 5.41) is 12.1. The number of rotatable bonds is 4. The van der Waals surface area contributed by atoms with E-state index in [-0.39, 0.29) is 5.75 Å². The summed E-state index contributed by atoms with van der Waals surface area (Å²) in [6.45, 7) is 2.65. The minimum atomic E-state index is 0.198. The van der Waals surface area contributed by atoms with Crippen molar-refractivity contribution in [2.45, 2.75) is 6.92 Å². The van der Waals surface area contributed by atoms with Crippen LogP contribution in [0.5, 0.6) is 11.5 Å². The standard InChI is InChI=1S/C23H20N2O2/c1-3-27-19-11-12-21-17(15-19)7-10-18(25(21)2)9-6-16-8-13-22(26)23-20(16)5-4-14-24-23/h4-15H,3H2,1-2H3/p+1. The van der Waals surface area contributed by atoms with Crippen LogP contribution >= 0.6 is 0 Å². The number of aryl methyl sites for hydroxylation is 1. The third-order valence-electron chi connectivity index (χ3n) is 4.71. The highest BCUT2D eigenvalue weighted by Gasteiger charge is 2.11. The average Bonchev–Trinajstić information content (AvgIpc) is 2.69. The van der Waals surface area contributed by atoms with E-state index in [1.165, 1.54) is 0 Å². The molecule has 0 bridgehead atoms. The summed E-state index contributed by atoms with van der Waals surface area (Å²) in [6.07, 6.45) is 5.82. The van der Waals surface area contributed by atoms with Gasteiger partial charge in [0.15, 0.2) is 0 Å². The predicted octanol–water partition coefficient (Wildman–Crippen LogP) is 4.49. The first-order valence-electron chi connectivity index (χ1n) is 8.98. The van der Waals surface area contributed by atoms with Gasteiger partial charge in [0.1, 0.15) is 24.1 Å². The fourth-order valence-electron chi connectivity index (χ4n) is 3.32. The van der Waals surface area contributed by atoms with Crippen molar-refractivity contribution < 1.29 is 14.4 Å². The van der Waals surface area contributed by atoms with Gasteiger partial charge in [0.25, 0.3) is 0 Å². The monoisotopic (exact) mass is 357 g/mol. The van der Waals surface area contributed by atoms with E-state index in [9.17, 15) is 5.11 Å². The quantitative estimate of drug-likeness (QED) is 0.548. The molecule has 0 aliphatic carbocycles. The van der Waals surface area contributed by atoms with Gasteiger partial charge in [-0.3, -0.25) is 4.98 Å². The van der Waals surface area contributed by atoms with Crippen LogP contribution in [0, 0.1) is 0 Å². The molecular weight excluding hydrogens is 336 g/mol. The largest absolute Gasteiger partial charge is 0.506 e. The molecular formula is C23H21N2O2+. The highest BCUT2D eigenvalue weighted by atomic mass is 16.5. The van der Waals surface area contributed by atoms with Crippen molar-refractivity contribution in [3.05, 3.63) is 72.1 Å². The molecule has 4 aromatic rings. The molecule has 2 aromatic carbocycles. The van der Waals surface area contributed by atoms with Crippen molar-refractivity contribution in [2.24, 2.45) is 7.05 Å². The molecule has 0 fully saturated rings. The molecule has 4 heteroatoms. The van der Waals surface area contributed by atoms with Crippen LogP contribution in [-0.2, 0) is 7.05 Å². The predicted molar refractivity (Wildman–Crippen MR) is 109 cm³/mol. The van der Waals surface area contributed by atoms with Crippen LogP contribution in [0.25, 0.3) is 34.0 Å². The SMILES string of the molecule is CCOc1ccc2c(ccc(C=Cc3ccc(O)c4ncccc34)[n+]2C)c1. The van der Waals surface area contributed by atoms with Gasteiger partial charge in [-0.25, -0.2) is 0 Å². The molecule has 0 spiro atoms. The van der Waals surface area contributed by atoms with E-state index in [1.54, 1.807) is 12.3 Å². The highest BCUT2D eigenvalue weighted by molar-refractivity contribution is 5.93. The summed E-state index contributed by atoms with van der Waals surface area (Å²) in [5.41, 5.74) is 3.85. The Balaban J connectivity index is 1.74. The van der Waals surface area contributed by atoms with E-state index >= 15 is 0 Å². The first-order valence-corrected chi connectivity index (χ1v) is 8.98. The van der Waals surface area contributed by atoms with Crippen molar-refractivity contribution in [1.29, 1.82) is 0 Å². The Labute approximate surface area is 158 Å². The Morgan fingerprint density at radius 3 is 2.81 bits per heavy atom. The van der Waals surface area contributed by atoms with E-state index < -0.39 is 0 Å². The number of hydrogen-bond acceptors (Lipinski definition) is 3. The maximum atomic E-state index is 10.0. The molecule has 0 radical (unpaired) electrons. The van der Waals surface area contributed by atoms with E-state index in [0.717, 1.165) is 33.3 Å². The molecule has 4 nitrogen and oxygen atoms in total. The third kappa shape index (κ3) is 3.22. The molecule has 0 unspecified atom stereocenters. The van der Waals surface area contributed by atoms with Crippen LogP contribution in [0.15, 0.2) is 60.8 Å².